The molecule has 7 nitrogen and oxygen atoms in total. The van der Waals surface area contributed by atoms with E-state index in [9.17, 15) is 22.8 Å². The number of pyridine rings is 1. The minimum Gasteiger partial charge on any atom is -0.485 e. The van der Waals surface area contributed by atoms with E-state index in [-0.39, 0.29) is 38.5 Å². The van der Waals surface area contributed by atoms with Gasteiger partial charge in [0.1, 0.15) is 18.2 Å². The van der Waals surface area contributed by atoms with Gasteiger partial charge in [-0.2, -0.15) is 0 Å². The lowest BCUT2D eigenvalue weighted by Crippen LogP contribution is -2.48. The summed E-state index contributed by atoms with van der Waals surface area (Å²) < 4.78 is 45.0. The van der Waals surface area contributed by atoms with Crippen LogP contribution in [0, 0.1) is 11.7 Å². The molecule has 2 aromatic rings. The molecule has 3 N–H and O–H groups in total. The van der Waals surface area contributed by atoms with Crippen LogP contribution in [-0.2, 0) is 4.79 Å². The zero-order valence-corrected chi connectivity index (χ0v) is 18.8. The molecule has 0 radical (unpaired) electrons. The summed E-state index contributed by atoms with van der Waals surface area (Å²) >= 11 is 12.1. The lowest BCUT2D eigenvalue weighted by molar-refractivity contribution is -0.124. The van der Waals surface area contributed by atoms with Crippen molar-refractivity contribution in [3.05, 3.63) is 46.0 Å². The van der Waals surface area contributed by atoms with Crippen LogP contribution in [0.25, 0.3) is 11.1 Å². The van der Waals surface area contributed by atoms with Crippen molar-refractivity contribution in [2.45, 2.75) is 33.2 Å². The molecule has 1 aromatic carbocycles. The molecule has 1 atom stereocenters. The highest BCUT2D eigenvalue weighted by atomic mass is 35.5. The molecule has 0 aliphatic carbocycles. The number of ether oxygens (including phenoxy) is 1. The third-order valence-electron chi connectivity index (χ3n) is 4.12. The maximum absolute atomic E-state index is 14.8. The quantitative estimate of drug-likeness (QED) is 0.480. The fraction of sp³-hybridized carbons (Fsp3) is 0.350. The molecule has 2 rings (SSSR count). The summed E-state index contributed by atoms with van der Waals surface area (Å²) in [5.74, 6) is -1.60. The number of alkyl halides is 2. The monoisotopic (exact) mass is 492 g/mol. The van der Waals surface area contributed by atoms with Crippen LogP contribution in [0.15, 0.2) is 24.4 Å². The number of nitrogens with one attached hydrogen (secondary N) is 3. The van der Waals surface area contributed by atoms with E-state index in [2.05, 4.69) is 21.2 Å². The molecule has 1 unspecified atom stereocenters. The van der Waals surface area contributed by atoms with Gasteiger partial charge in [-0.15, -0.1) is 0 Å². The van der Waals surface area contributed by atoms with Crippen molar-refractivity contribution < 1.29 is 27.5 Å². The Kier molecular flexibility index (Phi) is 8.97. The van der Waals surface area contributed by atoms with E-state index >= 15 is 0 Å². The van der Waals surface area contributed by atoms with Crippen molar-refractivity contribution in [2.75, 3.05) is 6.61 Å². The fourth-order valence-electron chi connectivity index (χ4n) is 2.55. The van der Waals surface area contributed by atoms with Crippen LogP contribution in [-0.4, -0.2) is 30.0 Å². The number of halogens is 5. The number of amides is 3. The third-order valence-corrected chi connectivity index (χ3v) is 4.62. The lowest BCUT2D eigenvalue weighted by atomic mass is 10.0. The number of nitrogens with zero attached hydrogens (tertiary/aromatic N) is 1. The second-order valence-corrected chi connectivity index (χ2v) is 7.87. The van der Waals surface area contributed by atoms with Crippen LogP contribution in [0.1, 0.15) is 32.5 Å². The van der Waals surface area contributed by atoms with Crippen LogP contribution in [0.4, 0.5) is 18.0 Å². The molecule has 1 heterocycles. The van der Waals surface area contributed by atoms with Gasteiger partial charge in [0, 0.05) is 28.3 Å². The average Bonchev–Trinajstić information content (AvgIpc) is 2.70. The normalized spacial score (nSPS) is 11.9. The van der Waals surface area contributed by atoms with E-state index in [0.717, 1.165) is 6.07 Å². The predicted molar refractivity (Wildman–Crippen MR) is 114 cm³/mol. The second-order valence-electron chi connectivity index (χ2n) is 7.02. The molecule has 174 valence electrons. The van der Waals surface area contributed by atoms with Gasteiger partial charge in [0.25, 0.3) is 6.43 Å². The number of urea groups is 1. The number of hydrogen-bond acceptors (Lipinski definition) is 4. The van der Waals surface area contributed by atoms with Gasteiger partial charge in [-0.25, -0.2) is 23.4 Å². The molecule has 3 amide bonds. The molecule has 0 aliphatic heterocycles. The first-order valence-electron chi connectivity index (χ1n) is 9.41. The van der Waals surface area contributed by atoms with E-state index in [4.69, 9.17) is 27.9 Å². The molecular formula is C20H21Cl2F3N4O3. The summed E-state index contributed by atoms with van der Waals surface area (Å²) in [5, 5.41) is 2.60. The molecule has 0 saturated carbocycles. The summed E-state index contributed by atoms with van der Waals surface area (Å²) in [6, 6.07) is 2.17. The largest absolute Gasteiger partial charge is 0.485 e. The highest BCUT2D eigenvalue weighted by molar-refractivity contribution is 6.36. The number of benzene rings is 1. The van der Waals surface area contributed by atoms with Gasteiger partial charge >= 0.3 is 6.03 Å². The number of hydrazine groups is 1. The highest BCUT2D eigenvalue weighted by Crippen LogP contribution is 2.39. The summed E-state index contributed by atoms with van der Waals surface area (Å²) in [6.45, 7) is 3.87. The Morgan fingerprint density at radius 1 is 1.12 bits per heavy atom. The maximum atomic E-state index is 14.8. The van der Waals surface area contributed by atoms with E-state index in [1.54, 1.807) is 13.8 Å². The Labute approximate surface area is 192 Å². The first-order valence-corrected chi connectivity index (χ1v) is 10.2. The predicted octanol–water partition coefficient (Wildman–Crippen LogP) is 4.89. The van der Waals surface area contributed by atoms with Crippen molar-refractivity contribution >= 4 is 35.1 Å². The number of rotatable bonds is 7. The van der Waals surface area contributed by atoms with Crippen LogP contribution in [0.3, 0.4) is 0 Å². The first-order chi connectivity index (χ1) is 15.0. The highest BCUT2D eigenvalue weighted by Gasteiger charge is 2.20. The van der Waals surface area contributed by atoms with E-state index < -0.39 is 36.8 Å². The standard InChI is InChI=1S/C20H21Cl2F3N4O3/c1-9(2)19(30)28-29-20(31)27-10(3)17-15(23)4-11(7-26-17)13-5-12(21)6-14(22)18(13)32-8-16(24)25/h4-7,9-10,16H,8H2,1-3H3,(H,28,30)(H2,27,29,31). The van der Waals surface area contributed by atoms with E-state index in [1.165, 1.54) is 25.3 Å². The SMILES string of the molecule is CC(C)C(=O)NNC(=O)NC(C)c1ncc(-c2cc(Cl)cc(Cl)c2OCC(F)F)cc1F. The lowest BCUT2D eigenvalue weighted by Gasteiger charge is -2.17. The Morgan fingerprint density at radius 3 is 2.41 bits per heavy atom. The number of aromatic nitrogens is 1. The van der Waals surface area contributed by atoms with E-state index in [1.807, 2.05) is 0 Å². The van der Waals surface area contributed by atoms with Crippen molar-refractivity contribution in [3.8, 4) is 16.9 Å². The molecule has 0 spiro atoms. The molecule has 0 saturated heterocycles. The van der Waals surface area contributed by atoms with Gasteiger partial charge < -0.3 is 10.1 Å². The molecular weight excluding hydrogens is 472 g/mol. The fourth-order valence-corrected chi connectivity index (χ4v) is 3.09. The van der Waals surface area contributed by atoms with Crippen LogP contribution >= 0.6 is 23.2 Å². The Balaban J connectivity index is 2.21. The van der Waals surface area contributed by atoms with Gasteiger partial charge in [0.05, 0.1) is 16.8 Å². The van der Waals surface area contributed by atoms with Crippen molar-refractivity contribution in [1.82, 2.24) is 21.2 Å². The van der Waals surface area contributed by atoms with Crippen LogP contribution < -0.4 is 20.9 Å². The zero-order valence-electron chi connectivity index (χ0n) is 17.3. The van der Waals surface area contributed by atoms with Gasteiger partial charge in [0.15, 0.2) is 0 Å². The number of hydrogen-bond donors (Lipinski definition) is 3. The topological polar surface area (TPSA) is 92.4 Å². The Hall–Kier alpha value is -2.72. The van der Waals surface area contributed by atoms with Crippen LogP contribution in [0.2, 0.25) is 10.0 Å². The summed E-state index contributed by atoms with van der Waals surface area (Å²) in [6.07, 6.45) is -1.47. The van der Waals surface area contributed by atoms with Crippen LogP contribution in [0.5, 0.6) is 5.75 Å². The zero-order chi connectivity index (χ0) is 24.0. The molecule has 0 aliphatic rings. The molecule has 1 aromatic heterocycles. The Bertz CT molecular complexity index is 993. The second kappa shape index (κ2) is 11.2. The summed E-state index contributed by atoms with van der Waals surface area (Å²) in [7, 11) is 0. The smallest absolute Gasteiger partial charge is 0.334 e. The first kappa shape index (κ1) is 25.5. The van der Waals surface area contributed by atoms with Gasteiger partial charge in [-0.1, -0.05) is 37.0 Å². The molecule has 0 fully saturated rings. The number of carbonyl (C=O) groups is 2. The minimum absolute atomic E-state index is 0.0206. The average molecular weight is 493 g/mol. The van der Waals surface area contributed by atoms with Gasteiger partial charge in [0.2, 0.25) is 5.91 Å². The van der Waals surface area contributed by atoms with Crippen molar-refractivity contribution in [3.63, 3.8) is 0 Å². The third kappa shape index (κ3) is 6.89. The van der Waals surface area contributed by atoms with Gasteiger partial charge in [-0.3, -0.25) is 15.2 Å². The number of carbonyl (C=O) groups excluding carboxylic acids is 2. The maximum Gasteiger partial charge on any atom is 0.334 e. The summed E-state index contributed by atoms with van der Waals surface area (Å²) in [5.41, 5.74) is 4.63. The summed E-state index contributed by atoms with van der Waals surface area (Å²) in [4.78, 5) is 27.4. The molecule has 12 heteroatoms. The Morgan fingerprint density at radius 2 is 1.81 bits per heavy atom. The minimum atomic E-state index is -2.74. The molecule has 32 heavy (non-hydrogen) atoms. The van der Waals surface area contributed by atoms with Crippen molar-refractivity contribution in [1.29, 1.82) is 0 Å². The van der Waals surface area contributed by atoms with Gasteiger partial charge in [-0.05, 0) is 25.1 Å². The van der Waals surface area contributed by atoms with E-state index in [0.29, 0.717) is 0 Å². The molecule has 0 bridgehead atoms. The van der Waals surface area contributed by atoms with Crippen molar-refractivity contribution in [2.24, 2.45) is 5.92 Å².